The molecule has 0 aromatic rings. The minimum absolute atomic E-state index is 0.869. The van der Waals surface area contributed by atoms with E-state index in [1.807, 2.05) is 0 Å². The van der Waals surface area contributed by atoms with Crippen molar-refractivity contribution in [2.45, 2.75) is 12.5 Å². The van der Waals surface area contributed by atoms with Crippen LogP contribution in [0.2, 0.25) is 6.04 Å². The minimum atomic E-state index is 0.869. The maximum atomic E-state index is 5.16. The van der Waals surface area contributed by atoms with Crippen LogP contribution in [0.1, 0.15) is 6.42 Å². The van der Waals surface area contributed by atoms with Gasteiger partial charge in [-0.2, -0.15) is 0 Å². The highest BCUT2D eigenvalue weighted by Crippen LogP contribution is 1.74. The zero-order valence-corrected chi connectivity index (χ0v) is 10.1. The Morgan fingerprint density at radius 3 is 2.00 bits per heavy atom. The molecule has 0 aliphatic rings. The first-order chi connectivity index (χ1) is 3.83. The number of hydrogen-bond acceptors (Lipinski definition) is 2. The molecule has 0 radical (unpaired) electrons. The fourth-order valence-corrected chi connectivity index (χ4v) is 0.612. The molecule has 0 aromatic carbocycles. The van der Waals surface area contributed by atoms with E-state index in [1.54, 1.807) is 7.11 Å². The van der Waals surface area contributed by atoms with Gasteiger partial charge in [0.2, 0.25) is 0 Å². The molecule has 0 fully saturated rings. The third-order valence-corrected chi connectivity index (χ3v) is 1.26. The number of rotatable bonds is 2. The minimum Gasteiger partial charge on any atom is -0.431 e. The van der Waals surface area contributed by atoms with Crippen LogP contribution in [-0.2, 0) is 4.43 Å². The van der Waals surface area contributed by atoms with Gasteiger partial charge in [-0.1, -0.05) is 6.04 Å². The molecule has 2 nitrogen and oxygen atoms in total. The van der Waals surface area contributed by atoms with Gasteiger partial charge in [-0.3, -0.25) is 0 Å². The zero-order chi connectivity index (χ0) is 6.83. The van der Waals surface area contributed by atoms with Crippen LogP contribution in [0.25, 0.3) is 0 Å². The lowest BCUT2D eigenvalue weighted by molar-refractivity contribution is 0.460. The molecule has 8 heavy (non-hydrogen) atoms. The highest BCUT2D eigenvalue weighted by atomic mass is 28.2. The third-order valence-electron chi connectivity index (χ3n) is 0.558. The molecule has 0 atom stereocenters. The van der Waals surface area contributed by atoms with Crippen LogP contribution in [0, 0.1) is 0 Å². The molecule has 0 aliphatic carbocycles. The predicted octanol–water partition coefficient (Wildman–Crippen LogP) is -1.97. The van der Waals surface area contributed by atoms with Crippen LogP contribution in [0.15, 0.2) is 0 Å². The van der Waals surface area contributed by atoms with Crippen molar-refractivity contribution in [3.8, 4) is 0 Å². The van der Waals surface area contributed by atoms with E-state index in [0.717, 1.165) is 17.0 Å². The second-order valence-corrected chi connectivity index (χ2v) is 3.37. The van der Waals surface area contributed by atoms with Crippen molar-refractivity contribution in [3.05, 3.63) is 0 Å². The molecular weight excluding hydrogens is 134 g/mol. The Morgan fingerprint density at radius 2 is 2.00 bits per heavy atom. The summed E-state index contributed by atoms with van der Waals surface area (Å²) in [7, 11) is 3.87. The van der Waals surface area contributed by atoms with E-state index < -0.39 is 0 Å². The SMILES string of the molecule is CO[SiH3].NCCC[SiH3]. The molecule has 0 bridgehead atoms. The van der Waals surface area contributed by atoms with Gasteiger partial charge in [-0.25, -0.2) is 0 Å². The Balaban J connectivity index is 0. The van der Waals surface area contributed by atoms with Gasteiger partial charge >= 0.3 is 0 Å². The summed E-state index contributed by atoms with van der Waals surface area (Å²) in [4.78, 5) is 0. The molecule has 0 saturated carbocycles. The van der Waals surface area contributed by atoms with E-state index in [2.05, 4.69) is 4.43 Å². The van der Waals surface area contributed by atoms with Gasteiger partial charge in [0, 0.05) is 17.4 Å². The lowest BCUT2D eigenvalue weighted by Gasteiger charge is -1.80. The predicted molar refractivity (Wildman–Crippen MR) is 45.4 cm³/mol. The van der Waals surface area contributed by atoms with Crippen LogP contribution in [0.3, 0.4) is 0 Å². The Hall–Kier alpha value is 0.354. The molecule has 0 amide bonds. The molecule has 0 unspecified atom stereocenters. The molecular formula is C4H17NOSi2. The van der Waals surface area contributed by atoms with E-state index in [4.69, 9.17) is 5.73 Å². The summed E-state index contributed by atoms with van der Waals surface area (Å²) < 4.78 is 4.39. The lowest BCUT2D eigenvalue weighted by atomic mass is 10.5. The Labute approximate surface area is 57.8 Å². The fourth-order valence-electron chi connectivity index (χ4n) is 0.204. The number of hydrogen-bond donors (Lipinski definition) is 1. The largest absolute Gasteiger partial charge is 0.431 e. The van der Waals surface area contributed by atoms with Crippen molar-refractivity contribution >= 4 is 20.7 Å². The highest BCUT2D eigenvalue weighted by molar-refractivity contribution is 6.08. The second kappa shape index (κ2) is 15.7. The molecule has 0 spiro atoms. The standard InChI is InChI=1S/C3H11NSi.CH6OSi/c4-2-1-3-5;1-2-3/h1-4H2,5H3;1,3H3. The summed E-state index contributed by atoms with van der Waals surface area (Å²) in [5.74, 6) is 0. The van der Waals surface area contributed by atoms with Crippen molar-refractivity contribution in [3.63, 3.8) is 0 Å². The second-order valence-electron chi connectivity index (χ2n) is 1.55. The van der Waals surface area contributed by atoms with Gasteiger partial charge in [0.15, 0.2) is 0 Å². The normalized spacial score (nSPS) is 8.25. The highest BCUT2D eigenvalue weighted by Gasteiger charge is 1.68. The van der Waals surface area contributed by atoms with Crippen molar-refractivity contribution in [2.75, 3.05) is 13.7 Å². The van der Waals surface area contributed by atoms with E-state index in [-0.39, 0.29) is 0 Å². The summed E-state index contributed by atoms with van der Waals surface area (Å²) in [6.45, 7) is 0.878. The van der Waals surface area contributed by atoms with Gasteiger partial charge in [-0.15, -0.1) is 0 Å². The summed E-state index contributed by atoms with van der Waals surface area (Å²) in [5.41, 5.74) is 5.16. The van der Waals surface area contributed by atoms with Gasteiger partial charge < -0.3 is 10.2 Å². The smallest absolute Gasteiger partial charge is 0.145 e. The Morgan fingerprint density at radius 1 is 1.62 bits per heavy atom. The first-order valence-electron chi connectivity index (χ1n) is 2.93. The van der Waals surface area contributed by atoms with Crippen LogP contribution < -0.4 is 5.73 Å². The van der Waals surface area contributed by atoms with E-state index in [0.29, 0.717) is 0 Å². The Bertz CT molecular complexity index is 28.0. The molecule has 2 N–H and O–H groups in total. The zero-order valence-electron chi connectivity index (χ0n) is 6.11. The molecule has 4 heteroatoms. The average molecular weight is 151 g/mol. The molecule has 52 valence electrons. The third kappa shape index (κ3) is 32.9. The quantitative estimate of drug-likeness (QED) is 0.465. The first kappa shape index (κ1) is 11.2. The summed E-state index contributed by atoms with van der Waals surface area (Å²) in [6, 6.07) is 1.36. The van der Waals surface area contributed by atoms with E-state index >= 15 is 0 Å². The molecule has 0 aromatic heterocycles. The van der Waals surface area contributed by atoms with Crippen LogP contribution in [0.5, 0.6) is 0 Å². The summed E-state index contributed by atoms with van der Waals surface area (Å²) >= 11 is 0. The average Bonchev–Trinajstić information content (AvgIpc) is 1.71. The van der Waals surface area contributed by atoms with Crippen molar-refractivity contribution in [1.29, 1.82) is 0 Å². The fraction of sp³-hybridized carbons (Fsp3) is 1.00. The van der Waals surface area contributed by atoms with Crippen molar-refractivity contribution in [2.24, 2.45) is 5.73 Å². The monoisotopic (exact) mass is 151 g/mol. The van der Waals surface area contributed by atoms with Gasteiger partial charge in [0.1, 0.15) is 10.5 Å². The summed E-state index contributed by atoms with van der Waals surface area (Å²) in [5, 5.41) is 0. The van der Waals surface area contributed by atoms with Crippen LogP contribution >= 0.6 is 0 Å². The van der Waals surface area contributed by atoms with Crippen LogP contribution in [-0.4, -0.2) is 34.4 Å². The van der Waals surface area contributed by atoms with E-state index in [9.17, 15) is 0 Å². The van der Waals surface area contributed by atoms with Gasteiger partial charge in [0.25, 0.3) is 0 Å². The molecule has 0 aliphatic heterocycles. The van der Waals surface area contributed by atoms with Crippen molar-refractivity contribution < 1.29 is 4.43 Å². The number of nitrogens with two attached hydrogens (primary N) is 1. The summed E-state index contributed by atoms with van der Waals surface area (Å²) in [6.07, 6.45) is 1.23. The van der Waals surface area contributed by atoms with E-state index in [1.165, 1.54) is 22.7 Å². The topological polar surface area (TPSA) is 35.2 Å². The maximum absolute atomic E-state index is 5.16. The van der Waals surface area contributed by atoms with Crippen molar-refractivity contribution in [1.82, 2.24) is 0 Å². The van der Waals surface area contributed by atoms with Crippen LogP contribution in [0.4, 0.5) is 0 Å². The molecule has 0 saturated heterocycles. The Kier molecular flexibility index (Phi) is 21.9. The lowest BCUT2D eigenvalue weighted by Crippen LogP contribution is -1.96. The maximum Gasteiger partial charge on any atom is 0.145 e. The van der Waals surface area contributed by atoms with Gasteiger partial charge in [0.05, 0.1) is 0 Å². The molecule has 0 heterocycles. The van der Waals surface area contributed by atoms with Gasteiger partial charge in [-0.05, 0) is 13.0 Å². The molecule has 0 rings (SSSR count). The first-order valence-corrected chi connectivity index (χ1v) is 5.16.